The van der Waals surface area contributed by atoms with Crippen molar-refractivity contribution in [3.8, 4) is 0 Å². The van der Waals surface area contributed by atoms with E-state index in [0.29, 0.717) is 5.76 Å². The summed E-state index contributed by atoms with van der Waals surface area (Å²) in [5.74, 6) is 0.693. The lowest BCUT2D eigenvalue weighted by Gasteiger charge is -2.08. The number of hydrogen-bond acceptors (Lipinski definition) is 2. The van der Waals surface area contributed by atoms with Crippen LogP contribution in [0, 0.1) is 0 Å². The molecule has 0 bridgehead atoms. The van der Waals surface area contributed by atoms with E-state index in [2.05, 4.69) is 6.58 Å². The summed E-state index contributed by atoms with van der Waals surface area (Å²) in [6, 6.07) is 0. The first-order valence-corrected chi connectivity index (χ1v) is 3.58. The minimum absolute atomic E-state index is 0.287. The minimum atomic E-state index is -0.287. The van der Waals surface area contributed by atoms with Crippen LogP contribution in [-0.4, -0.2) is 6.23 Å². The second kappa shape index (κ2) is 5.74. The fraction of sp³-hybridized carbons (Fsp3) is 0.333. The molecule has 0 amide bonds. The lowest BCUT2D eigenvalue weighted by atomic mass is 10.4. The van der Waals surface area contributed by atoms with Crippen LogP contribution >= 0.6 is 0 Å². The van der Waals surface area contributed by atoms with Gasteiger partial charge in [-0.3, -0.25) is 5.73 Å². The molecule has 0 aliphatic rings. The maximum atomic E-state index is 5.41. The van der Waals surface area contributed by atoms with Gasteiger partial charge < -0.3 is 4.74 Å². The van der Waals surface area contributed by atoms with Crippen LogP contribution in [0.5, 0.6) is 0 Å². The highest BCUT2D eigenvalue weighted by Gasteiger charge is 1.93. The van der Waals surface area contributed by atoms with Gasteiger partial charge in [-0.25, -0.2) is 0 Å². The van der Waals surface area contributed by atoms with Gasteiger partial charge in [0, 0.05) is 0 Å². The first-order valence-electron chi connectivity index (χ1n) is 3.58. The Balaban J connectivity index is 4.04. The molecule has 0 rings (SSSR count). The highest BCUT2D eigenvalue weighted by atomic mass is 16.5. The largest absolute Gasteiger partial charge is 0.476 e. The molecule has 0 aromatic rings. The van der Waals surface area contributed by atoms with Gasteiger partial charge in [0.15, 0.2) is 0 Å². The third-order valence-corrected chi connectivity index (χ3v) is 0.976. The second-order valence-electron chi connectivity index (χ2n) is 2.12. The van der Waals surface area contributed by atoms with Gasteiger partial charge in [-0.2, -0.15) is 0 Å². The molecule has 2 heteroatoms. The van der Waals surface area contributed by atoms with Crippen molar-refractivity contribution >= 4 is 0 Å². The van der Waals surface area contributed by atoms with Gasteiger partial charge in [-0.15, -0.1) is 0 Å². The van der Waals surface area contributed by atoms with Gasteiger partial charge in [0.2, 0.25) is 0 Å². The first-order chi connectivity index (χ1) is 5.20. The Morgan fingerprint density at radius 2 is 2.27 bits per heavy atom. The van der Waals surface area contributed by atoms with Crippen LogP contribution in [0.15, 0.2) is 36.6 Å². The van der Waals surface area contributed by atoms with Crippen molar-refractivity contribution in [2.75, 3.05) is 0 Å². The third-order valence-electron chi connectivity index (χ3n) is 0.976. The number of nitrogens with two attached hydrogens (primary N) is 1. The van der Waals surface area contributed by atoms with Crippen LogP contribution in [-0.2, 0) is 4.74 Å². The van der Waals surface area contributed by atoms with Crippen LogP contribution < -0.4 is 5.73 Å². The lowest BCUT2D eigenvalue weighted by Crippen LogP contribution is -2.18. The molecular weight excluding hydrogens is 138 g/mol. The molecule has 1 atom stereocenters. The lowest BCUT2D eigenvalue weighted by molar-refractivity contribution is 0.148. The molecule has 0 saturated carbocycles. The van der Waals surface area contributed by atoms with Gasteiger partial charge in [-0.1, -0.05) is 18.7 Å². The Hall–Kier alpha value is -1.02. The average molecular weight is 153 g/mol. The Bertz CT molecular complexity index is 168. The van der Waals surface area contributed by atoms with Crippen LogP contribution in [0.3, 0.4) is 0 Å². The van der Waals surface area contributed by atoms with Crippen LogP contribution in [0.2, 0.25) is 0 Å². The maximum absolute atomic E-state index is 5.41. The summed E-state index contributed by atoms with van der Waals surface area (Å²) in [5, 5.41) is 0. The van der Waals surface area contributed by atoms with E-state index in [9.17, 15) is 0 Å². The Labute approximate surface area is 68.0 Å². The SMILES string of the molecule is C=C/C(=C\C=C/C)OC(C)N. The van der Waals surface area contributed by atoms with Gasteiger partial charge in [0.05, 0.1) is 0 Å². The molecule has 62 valence electrons. The highest BCUT2D eigenvalue weighted by molar-refractivity contribution is 5.16. The number of allylic oxidation sites excluding steroid dienone is 4. The molecule has 0 saturated heterocycles. The van der Waals surface area contributed by atoms with Gasteiger partial charge in [0.25, 0.3) is 0 Å². The molecule has 0 radical (unpaired) electrons. The zero-order valence-corrected chi connectivity index (χ0v) is 7.08. The van der Waals surface area contributed by atoms with E-state index < -0.39 is 0 Å². The van der Waals surface area contributed by atoms with Crippen molar-refractivity contribution in [2.45, 2.75) is 20.1 Å². The van der Waals surface area contributed by atoms with Gasteiger partial charge in [-0.05, 0) is 26.0 Å². The van der Waals surface area contributed by atoms with Gasteiger partial charge >= 0.3 is 0 Å². The Morgan fingerprint density at radius 1 is 1.64 bits per heavy atom. The van der Waals surface area contributed by atoms with Crippen molar-refractivity contribution in [2.24, 2.45) is 5.73 Å². The van der Waals surface area contributed by atoms with Crippen molar-refractivity contribution in [3.63, 3.8) is 0 Å². The van der Waals surface area contributed by atoms with Gasteiger partial charge in [0.1, 0.15) is 12.0 Å². The summed E-state index contributed by atoms with van der Waals surface area (Å²) in [7, 11) is 0. The summed E-state index contributed by atoms with van der Waals surface area (Å²) >= 11 is 0. The quantitative estimate of drug-likeness (QED) is 0.380. The van der Waals surface area contributed by atoms with E-state index in [1.807, 2.05) is 25.2 Å². The zero-order chi connectivity index (χ0) is 8.69. The number of hydrogen-bond donors (Lipinski definition) is 1. The fourth-order valence-corrected chi connectivity index (χ4v) is 0.561. The first kappa shape index (κ1) is 9.98. The van der Waals surface area contributed by atoms with Crippen LogP contribution in [0.4, 0.5) is 0 Å². The standard InChI is InChI=1S/C9H15NO/c1-4-6-7-9(5-2)11-8(3)10/h4-8H,2,10H2,1,3H3/b6-4-,9-7+. The maximum Gasteiger partial charge on any atom is 0.144 e. The van der Waals surface area contributed by atoms with Crippen LogP contribution in [0.1, 0.15) is 13.8 Å². The average Bonchev–Trinajstić information content (AvgIpc) is 1.97. The molecular formula is C9H15NO. The molecule has 2 N–H and O–H groups in total. The van der Waals surface area contributed by atoms with Crippen molar-refractivity contribution < 1.29 is 4.74 Å². The molecule has 0 aromatic carbocycles. The predicted octanol–water partition coefficient (Wildman–Crippen LogP) is 1.95. The fourth-order valence-electron chi connectivity index (χ4n) is 0.561. The Kier molecular flexibility index (Phi) is 5.21. The molecule has 0 aromatic heterocycles. The molecule has 1 unspecified atom stereocenters. The Morgan fingerprint density at radius 3 is 2.64 bits per heavy atom. The number of rotatable bonds is 4. The summed E-state index contributed by atoms with van der Waals surface area (Å²) in [6.45, 7) is 7.29. The third kappa shape index (κ3) is 5.43. The highest BCUT2D eigenvalue weighted by Crippen LogP contribution is 2.00. The molecule has 0 spiro atoms. The van der Waals surface area contributed by atoms with E-state index in [-0.39, 0.29) is 6.23 Å². The number of ether oxygens (including phenoxy) is 1. The zero-order valence-electron chi connectivity index (χ0n) is 7.08. The van der Waals surface area contributed by atoms with Crippen molar-refractivity contribution in [1.29, 1.82) is 0 Å². The molecule has 0 aliphatic carbocycles. The summed E-state index contributed by atoms with van der Waals surface area (Å²) in [4.78, 5) is 0. The van der Waals surface area contributed by atoms with E-state index in [4.69, 9.17) is 10.5 Å². The summed E-state index contributed by atoms with van der Waals surface area (Å²) < 4.78 is 5.17. The molecule has 0 heterocycles. The predicted molar refractivity (Wildman–Crippen MR) is 47.8 cm³/mol. The molecule has 0 fully saturated rings. The van der Waals surface area contributed by atoms with Crippen LogP contribution in [0.25, 0.3) is 0 Å². The summed E-state index contributed by atoms with van der Waals surface area (Å²) in [5.41, 5.74) is 5.41. The van der Waals surface area contributed by atoms with E-state index in [1.165, 1.54) is 0 Å². The summed E-state index contributed by atoms with van der Waals surface area (Å²) in [6.07, 6.45) is 6.94. The molecule has 2 nitrogen and oxygen atoms in total. The molecule has 0 aliphatic heterocycles. The normalized spacial score (nSPS) is 15.0. The second-order valence-corrected chi connectivity index (χ2v) is 2.12. The molecule has 11 heavy (non-hydrogen) atoms. The monoisotopic (exact) mass is 153 g/mol. The topological polar surface area (TPSA) is 35.2 Å². The van der Waals surface area contributed by atoms with E-state index >= 15 is 0 Å². The minimum Gasteiger partial charge on any atom is -0.476 e. The van der Waals surface area contributed by atoms with E-state index in [0.717, 1.165) is 0 Å². The van der Waals surface area contributed by atoms with E-state index in [1.54, 1.807) is 13.0 Å². The van der Waals surface area contributed by atoms with Crippen molar-refractivity contribution in [1.82, 2.24) is 0 Å². The van der Waals surface area contributed by atoms with Crippen molar-refractivity contribution in [3.05, 3.63) is 36.6 Å². The smallest absolute Gasteiger partial charge is 0.144 e.